The molecule has 2 fully saturated rings. The molecule has 3 N–H and O–H groups in total. The highest BCUT2D eigenvalue weighted by Gasteiger charge is 2.35. The first-order chi connectivity index (χ1) is 13.4. The fourth-order valence-corrected chi connectivity index (χ4v) is 5.51. The van der Waals surface area contributed by atoms with Crippen LogP contribution in [0.5, 0.6) is 0 Å². The standard InChI is InChI=1S/C20H28N2O5S/c23-19(17-8-4-5-9-18(17)20(24)25)21-14-10-12-16(13-11-14)28(26,27)22-15-6-2-1-3-7-15/h10-13,15,17-18,22H,1-9H2,(H,21,23)(H,24,25). The molecule has 3 rings (SSSR count). The molecule has 0 heterocycles. The van der Waals surface area contributed by atoms with E-state index in [-0.39, 0.29) is 16.8 Å². The summed E-state index contributed by atoms with van der Waals surface area (Å²) in [6.45, 7) is 0. The molecule has 2 unspecified atom stereocenters. The summed E-state index contributed by atoms with van der Waals surface area (Å²) in [7, 11) is -3.59. The van der Waals surface area contributed by atoms with E-state index in [4.69, 9.17) is 0 Å². The average molecular weight is 409 g/mol. The topological polar surface area (TPSA) is 113 Å². The summed E-state index contributed by atoms with van der Waals surface area (Å²) in [4.78, 5) is 24.1. The zero-order valence-corrected chi connectivity index (χ0v) is 16.7. The lowest BCUT2D eigenvalue weighted by Gasteiger charge is -2.27. The molecule has 1 aromatic carbocycles. The van der Waals surface area contributed by atoms with Crippen molar-refractivity contribution in [3.63, 3.8) is 0 Å². The van der Waals surface area contributed by atoms with Gasteiger partial charge in [0.15, 0.2) is 0 Å². The maximum Gasteiger partial charge on any atom is 0.307 e. The summed E-state index contributed by atoms with van der Waals surface area (Å²) in [5.41, 5.74) is 0.469. The van der Waals surface area contributed by atoms with E-state index >= 15 is 0 Å². The van der Waals surface area contributed by atoms with Gasteiger partial charge in [-0.3, -0.25) is 9.59 Å². The molecule has 0 saturated heterocycles. The maximum atomic E-state index is 12.5. The van der Waals surface area contributed by atoms with Crippen molar-refractivity contribution >= 4 is 27.6 Å². The van der Waals surface area contributed by atoms with Gasteiger partial charge in [0.1, 0.15) is 0 Å². The van der Waals surface area contributed by atoms with Crippen molar-refractivity contribution in [2.75, 3.05) is 5.32 Å². The van der Waals surface area contributed by atoms with Gasteiger partial charge in [-0.2, -0.15) is 0 Å². The van der Waals surface area contributed by atoms with Crippen molar-refractivity contribution in [2.24, 2.45) is 11.8 Å². The molecular formula is C20H28N2O5S. The minimum atomic E-state index is -3.59. The molecule has 2 saturated carbocycles. The van der Waals surface area contributed by atoms with E-state index in [1.807, 2.05) is 0 Å². The average Bonchev–Trinajstić information content (AvgIpc) is 2.69. The molecule has 0 aromatic heterocycles. The van der Waals surface area contributed by atoms with Crippen molar-refractivity contribution in [1.82, 2.24) is 4.72 Å². The molecule has 2 atom stereocenters. The van der Waals surface area contributed by atoms with Crippen LogP contribution in [0.2, 0.25) is 0 Å². The normalized spacial score (nSPS) is 23.9. The molecule has 28 heavy (non-hydrogen) atoms. The number of hydrogen-bond acceptors (Lipinski definition) is 4. The van der Waals surface area contributed by atoms with Crippen molar-refractivity contribution in [2.45, 2.75) is 68.7 Å². The molecule has 0 aliphatic heterocycles. The summed E-state index contributed by atoms with van der Waals surface area (Å²) in [5, 5.41) is 12.1. The van der Waals surface area contributed by atoms with Crippen LogP contribution in [-0.4, -0.2) is 31.4 Å². The fraction of sp³-hybridized carbons (Fsp3) is 0.600. The van der Waals surface area contributed by atoms with Gasteiger partial charge >= 0.3 is 5.97 Å². The lowest BCUT2D eigenvalue weighted by molar-refractivity contribution is -0.147. The number of aliphatic carboxylic acids is 1. The highest BCUT2D eigenvalue weighted by atomic mass is 32.2. The van der Waals surface area contributed by atoms with Crippen molar-refractivity contribution in [3.8, 4) is 0 Å². The third-order valence-electron chi connectivity index (χ3n) is 5.78. The summed E-state index contributed by atoms with van der Waals surface area (Å²) >= 11 is 0. The number of carbonyl (C=O) groups excluding carboxylic acids is 1. The highest BCUT2D eigenvalue weighted by molar-refractivity contribution is 7.89. The summed E-state index contributed by atoms with van der Waals surface area (Å²) in [6.07, 6.45) is 7.67. The van der Waals surface area contributed by atoms with E-state index in [2.05, 4.69) is 10.0 Å². The number of carboxylic acid groups (broad SMARTS) is 1. The number of carboxylic acids is 1. The van der Waals surface area contributed by atoms with E-state index in [0.717, 1.165) is 44.9 Å². The Labute approximate surface area is 166 Å². The van der Waals surface area contributed by atoms with Crippen LogP contribution < -0.4 is 10.0 Å². The summed E-state index contributed by atoms with van der Waals surface area (Å²) < 4.78 is 27.8. The largest absolute Gasteiger partial charge is 0.481 e. The minimum Gasteiger partial charge on any atom is -0.481 e. The Morgan fingerprint density at radius 2 is 1.43 bits per heavy atom. The third-order valence-corrected chi connectivity index (χ3v) is 7.32. The van der Waals surface area contributed by atoms with E-state index in [9.17, 15) is 23.1 Å². The van der Waals surface area contributed by atoms with Gasteiger partial charge in [0.25, 0.3) is 0 Å². The summed E-state index contributed by atoms with van der Waals surface area (Å²) in [6, 6.07) is 6.02. The van der Waals surface area contributed by atoms with Crippen molar-refractivity contribution in [3.05, 3.63) is 24.3 Å². The van der Waals surface area contributed by atoms with Crippen LogP contribution in [0.4, 0.5) is 5.69 Å². The first-order valence-corrected chi connectivity index (χ1v) is 11.5. The van der Waals surface area contributed by atoms with Crippen LogP contribution in [0, 0.1) is 11.8 Å². The second-order valence-electron chi connectivity index (χ2n) is 7.81. The molecule has 0 radical (unpaired) electrons. The van der Waals surface area contributed by atoms with E-state index in [1.165, 1.54) is 12.1 Å². The van der Waals surface area contributed by atoms with Crippen LogP contribution in [0.15, 0.2) is 29.2 Å². The van der Waals surface area contributed by atoms with E-state index in [0.29, 0.717) is 18.5 Å². The van der Waals surface area contributed by atoms with Crippen LogP contribution >= 0.6 is 0 Å². The van der Waals surface area contributed by atoms with Gasteiger partial charge in [0.05, 0.1) is 16.7 Å². The van der Waals surface area contributed by atoms with E-state index < -0.39 is 27.8 Å². The lowest BCUT2D eigenvalue weighted by atomic mass is 9.78. The molecule has 1 amide bonds. The second kappa shape index (κ2) is 9.05. The molecule has 154 valence electrons. The predicted molar refractivity (Wildman–Crippen MR) is 105 cm³/mol. The quantitative estimate of drug-likeness (QED) is 0.669. The number of anilines is 1. The van der Waals surface area contributed by atoms with Crippen LogP contribution in [0.1, 0.15) is 57.8 Å². The van der Waals surface area contributed by atoms with Crippen molar-refractivity contribution in [1.29, 1.82) is 0 Å². The molecule has 0 spiro atoms. The van der Waals surface area contributed by atoms with Crippen LogP contribution in [0.25, 0.3) is 0 Å². The van der Waals surface area contributed by atoms with Gasteiger partial charge in [0, 0.05) is 11.7 Å². The molecule has 2 aliphatic rings. The monoisotopic (exact) mass is 408 g/mol. The zero-order valence-electron chi connectivity index (χ0n) is 15.9. The Morgan fingerprint density at radius 3 is 2.04 bits per heavy atom. The van der Waals surface area contributed by atoms with Gasteiger partial charge in [0.2, 0.25) is 15.9 Å². The van der Waals surface area contributed by atoms with Gasteiger partial charge < -0.3 is 10.4 Å². The maximum absolute atomic E-state index is 12.5. The molecule has 0 bridgehead atoms. The Bertz CT molecular complexity index is 800. The first-order valence-electron chi connectivity index (χ1n) is 10.0. The van der Waals surface area contributed by atoms with Gasteiger partial charge in [-0.25, -0.2) is 13.1 Å². The highest BCUT2D eigenvalue weighted by Crippen LogP contribution is 2.31. The number of hydrogen-bond donors (Lipinski definition) is 3. The van der Waals surface area contributed by atoms with Gasteiger partial charge in [-0.15, -0.1) is 0 Å². The number of sulfonamides is 1. The first kappa shape index (κ1) is 20.8. The Kier molecular flexibility index (Phi) is 6.72. The molecular weight excluding hydrogens is 380 g/mol. The smallest absolute Gasteiger partial charge is 0.307 e. The van der Waals surface area contributed by atoms with E-state index in [1.54, 1.807) is 12.1 Å². The number of amides is 1. The number of benzene rings is 1. The number of rotatable bonds is 6. The SMILES string of the molecule is O=C(O)C1CCCCC1C(=O)Nc1ccc(S(=O)(=O)NC2CCCCC2)cc1. The Hall–Kier alpha value is -1.93. The Morgan fingerprint density at radius 1 is 0.857 bits per heavy atom. The van der Waals surface area contributed by atoms with Crippen molar-refractivity contribution < 1.29 is 23.1 Å². The second-order valence-corrected chi connectivity index (χ2v) is 9.52. The summed E-state index contributed by atoms with van der Waals surface area (Å²) in [5.74, 6) is -2.46. The zero-order chi connectivity index (χ0) is 20.1. The predicted octanol–water partition coefficient (Wildman–Crippen LogP) is 3.13. The lowest BCUT2D eigenvalue weighted by Crippen LogP contribution is -2.36. The Balaban J connectivity index is 1.63. The minimum absolute atomic E-state index is 0.0163. The fourth-order valence-electron chi connectivity index (χ4n) is 4.20. The molecule has 8 heteroatoms. The van der Waals surface area contributed by atoms with Crippen LogP contribution in [-0.2, 0) is 19.6 Å². The number of nitrogens with one attached hydrogen (secondary N) is 2. The van der Waals surface area contributed by atoms with Crippen LogP contribution in [0.3, 0.4) is 0 Å². The molecule has 1 aromatic rings. The van der Waals surface area contributed by atoms with Gasteiger partial charge in [-0.05, 0) is 49.9 Å². The number of carbonyl (C=O) groups is 2. The third kappa shape index (κ3) is 5.11. The molecule has 7 nitrogen and oxygen atoms in total. The molecule has 2 aliphatic carbocycles. The van der Waals surface area contributed by atoms with Gasteiger partial charge in [-0.1, -0.05) is 32.1 Å².